The van der Waals surface area contributed by atoms with E-state index >= 15 is 0 Å². The average Bonchev–Trinajstić information content (AvgIpc) is 2.51. The Balaban J connectivity index is 2.93. The number of carbonyl (C=O) groups is 1. The fourth-order valence-electron chi connectivity index (χ4n) is 1.47. The second-order valence-corrected chi connectivity index (χ2v) is 6.63. The Morgan fingerprint density at radius 2 is 1.65 bits per heavy atom. The topological polar surface area (TPSA) is 111 Å². The summed E-state index contributed by atoms with van der Waals surface area (Å²) in [6.45, 7) is -0.322. The summed E-state index contributed by atoms with van der Waals surface area (Å²) in [5, 5.41) is 9.31. The normalized spacial score (nSPS) is 13.0. The van der Waals surface area contributed by atoms with Gasteiger partial charge in [-0.15, -0.1) is 4.83 Å². The molecular weight excluding hydrogens is 394 g/mol. The summed E-state index contributed by atoms with van der Waals surface area (Å²) in [6.07, 6.45) is -11.8. The molecule has 1 rings (SSSR count). The summed E-state index contributed by atoms with van der Waals surface area (Å²) in [5.41, 5.74) is -3.51. The number of halogens is 6. The Labute approximate surface area is 143 Å². The fraction of sp³-hybridized carbons (Fsp3) is 0.333. The van der Waals surface area contributed by atoms with Crippen molar-refractivity contribution in [2.24, 2.45) is 0 Å². The Morgan fingerprint density at radius 1 is 1.12 bits per heavy atom. The smallest absolute Gasteiger partial charge is 0.315 e. The summed E-state index contributed by atoms with van der Waals surface area (Å²) < 4.78 is 99.6. The van der Waals surface area contributed by atoms with Gasteiger partial charge in [-0.3, -0.25) is 5.43 Å². The molecular formula is C12H10F6N4O3S. The molecule has 0 bridgehead atoms. The van der Waals surface area contributed by atoms with Gasteiger partial charge in [-0.05, 0) is 25.1 Å². The van der Waals surface area contributed by atoms with Gasteiger partial charge in [0, 0.05) is 0 Å². The predicted octanol–water partition coefficient (Wildman–Crippen LogP) is 1.93. The van der Waals surface area contributed by atoms with Crippen molar-refractivity contribution in [3.05, 3.63) is 29.8 Å². The highest BCUT2D eigenvalue weighted by molar-refractivity contribution is 7.89. The zero-order valence-electron chi connectivity index (χ0n) is 12.7. The first-order chi connectivity index (χ1) is 11.6. The van der Waals surface area contributed by atoms with Gasteiger partial charge in [0.1, 0.15) is 0 Å². The van der Waals surface area contributed by atoms with Crippen LogP contribution in [-0.2, 0) is 10.0 Å². The largest absolute Gasteiger partial charge is 0.420 e. The second kappa shape index (κ2) is 7.00. The number of benzene rings is 1. The molecule has 3 N–H and O–H groups in total. The molecule has 1 aromatic carbocycles. The third-order valence-electron chi connectivity index (χ3n) is 3.07. The Morgan fingerprint density at radius 3 is 2.12 bits per heavy atom. The third-order valence-corrected chi connectivity index (χ3v) is 4.32. The number of alkyl halides is 6. The number of amides is 2. The Hall–Kier alpha value is -2.53. The molecule has 0 unspecified atom stereocenters. The van der Waals surface area contributed by atoms with Crippen LogP contribution in [-0.4, -0.2) is 32.3 Å². The van der Waals surface area contributed by atoms with Gasteiger partial charge in [-0.25, -0.2) is 13.2 Å². The van der Waals surface area contributed by atoms with Crippen LogP contribution in [0.2, 0.25) is 0 Å². The van der Waals surface area contributed by atoms with Crippen molar-refractivity contribution >= 4 is 16.1 Å². The fourth-order valence-corrected chi connectivity index (χ4v) is 2.35. The van der Waals surface area contributed by atoms with E-state index in [4.69, 9.17) is 5.26 Å². The lowest BCUT2D eigenvalue weighted by Crippen LogP contribution is -2.67. The third kappa shape index (κ3) is 4.55. The van der Waals surface area contributed by atoms with Crippen molar-refractivity contribution in [3.63, 3.8) is 0 Å². The molecule has 0 aliphatic heterocycles. The molecule has 2 amide bonds. The first-order valence-electron chi connectivity index (χ1n) is 6.37. The van der Waals surface area contributed by atoms with Crippen LogP contribution in [0.15, 0.2) is 29.2 Å². The van der Waals surface area contributed by atoms with Crippen molar-refractivity contribution in [1.82, 2.24) is 15.6 Å². The lowest BCUT2D eigenvalue weighted by Gasteiger charge is -2.34. The lowest BCUT2D eigenvalue weighted by molar-refractivity contribution is -0.297. The molecule has 0 fully saturated rings. The number of hydrogen-bond donors (Lipinski definition) is 3. The molecule has 0 heterocycles. The van der Waals surface area contributed by atoms with Gasteiger partial charge in [0.2, 0.25) is 5.54 Å². The van der Waals surface area contributed by atoms with Gasteiger partial charge in [0.05, 0.1) is 16.5 Å². The van der Waals surface area contributed by atoms with E-state index in [1.54, 1.807) is 6.07 Å². The quantitative estimate of drug-likeness (QED) is 0.526. The second-order valence-electron chi connectivity index (χ2n) is 4.94. The average molecular weight is 404 g/mol. The first kappa shape index (κ1) is 21.5. The van der Waals surface area contributed by atoms with Crippen LogP contribution in [0.25, 0.3) is 0 Å². The van der Waals surface area contributed by atoms with Crippen LogP contribution in [0.3, 0.4) is 0 Å². The number of nitriles is 1. The highest BCUT2D eigenvalue weighted by atomic mass is 32.2. The van der Waals surface area contributed by atoms with Crippen molar-refractivity contribution < 1.29 is 39.6 Å². The minimum Gasteiger partial charge on any atom is -0.315 e. The number of nitrogens with zero attached hydrogens (tertiary/aromatic N) is 1. The van der Waals surface area contributed by atoms with E-state index in [9.17, 15) is 39.6 Å². The monoisotopic (exact) mass is 404 g/mol. The van der Waals surface area contributed by atoms with Crippen molar-refractivity contribution in [2.45, 2.75) is 29.7 Å². The standard InChI is InChI=1S/C12H10F6N4O3S/c1-10(11(13,14)15,12(16,17)18)20-9(23)21-22-26(24,25)8-4-2-3-7(5-8)6-19/h2-5,22H,1H3,(H2,20,21,23). The number of sulfonamides is 1. The van der Waals surface area contributed by atoms with E-state index in [0.29, 0.717) is 5.32 Å². The maximum Gasteiger partial charge on any atom is 0.420 e. The van der Waals surface area contributed by atoms with Crippen LogP contribution in [0.1, 0.15) is 12.5 Å². The first-order valence-corrected chi connectivity index (χ1v) is 7.86. The van der Waals surface area contributed by atoms with Gasteiger partial charge in [0.15, 0.2) is 0 Å². The number of nitrogens with one attached hydrogen (secondary N) is 3. The van der Waals surface area contributed by atoms with Crippen LogP contribution in [0, 0.1) is 11.3 Å². The zero-order valence-corrected chi connectivity index (χ0v) is 13.5. The van der Waals surface area contributed by atoms with Crippen LogP contribution in [0.4, 0.5) is 31.1 Å². The summed E-state index contributed by atoms with van der Waals surface area (Å²) in [7, 11) is -4.55. The van der Waals surface area contributed by atoms with E-state index in [-0.39, 0.29) is 12.5 Å². The number of carbonyl (C=O) groups excluding carboxylic acids is 1. The molecule has 0 saturated carbocycles. The van der Waals surface area contributed by atoms with E-state index in [0.717, 1.165) is 18.2 Å². The van der Waals surface area contributed by atoms with E-state index in [1.165, 1.54) is 16.3 Å². The van der Waals surface area contributed by atoms with Gasteiger partial charge < -0.3 is 5.32 Å². The van der Waals surface area contributed by atoms with Crippen LogP contribution < -0.4 is 15.6 Å². The summed E-state index contributed by atoms with van der Waals surface area (Å²) >= 11 is 0. The number of urea groups is 1. The molecule has 0 spiro atoms. The zero-order chi connectivity index (χ0) is 20.4. The summed E-state index contributed by atoms with van der Waals surface area (Å²) in [6, 6.07) is 3.80. The van der Waals surface area contributed by atoms with E-state index in [1.807, 2.05) is 0 Å². The number of hydrazine groups is 1. The highest BCUT2D eigenvalue weighted by Crippen LogP contribution is 2.42. The SMILES string of the molecule is CC(NC(=O)NNS(=O)(=O)c1cccc(C#N)c1)(C(F)(F)F)C(F)(F)F. The molecule has 0 atom stereocenters. The molecule has 0 radical (unpaired) electrons. The van der Waals surface area contributed by atoms with E-state index < -0.39 is 38.8 Å². The molecule has 0 aliphatic carbocycles. The molecule has 0 aliphatic rings. The Bertz CT molecular complexity index is 815. The molecule has 0 saturated heterocycles. The maximum absolute atomic E-state index is 12.7. The summed E-state index contributed by atoms with van der Waals surface area (Å²) in [5.74, 6) is 0. The Kier molecular flexibility index (Phi) is 5.79. The van der Waals surface area contributed by atoms with E-state index in [2.05, 4.69) is 0 Å². The molecule has 0 aromatic heterocycles. The van der Waals surface area contributed by atoms with Crippen LogP contribution in [0.5, 0.6) is 0 Å². The van der Waals surface area contributed by atoms with Crippen molar-refractivity contribution in [1.29, 1.82) is 5.26 Å². The lowest BCUT2D eigenvalue weighted by atomic mass is 10.0. The molecule has 1 aromatic rings. The van der Waals surface area contributed by atoms with Crippen molar-refractivity contribution in [3.8, 4) is 6.07 Å². The van der Waals surface area contributed by atoms with Gasteiger partial charge in [-0.1, -0.05) is 6.07 Å². The molecule has 144 valence electrons. The van der Waals surface area contributed by atoms with Gasteiger partial charge >= 0.3 is 18.4 Å². The van der Waals surface area contributed by atoms with Crippen LogP contribution >= 0.6 is 0 Å². The van der Waals surface area contributed by atoms with Crippen molar-refractivity contribution in [2.75, 3.05) is 0 Å². The molecule has 14 heteroatoms. The molecule has 26 heavy (non-hydrogen) atoms. The number of hydrogen-bond acceptors (Lipinski definition) is 4. The minimum atomic E-state index is -5.90. The highest BCUT2D eigenvalue weighted by Gasteiger charge is 2.68. The molecule has 7 nitrogen and oxygen atoms in total. The predicted molar refractivity (Wildman–Crippen MR) is 73.7 cm³/mol. The van der Waals surface area contributed by atoms with Gasteiger partial charge in [0.25, 0.3) is 10.0 Å². The maximum atomic E-state index is 12.7. The summed E-state index contributed by atoms with van der Waals surface area (Å²) in [4.78, 5) is 12.1. The number of rotatable bonds is 4. The van der Waals surface area contributed by atoms with Gasteiger partial charge in [-0.2, -0.15) is 31.6 Å². The minimum absolute atomic E-state index is 0.0842.